The number of benzene rings is 2. The van der Waals surface area contributed by atoms with Crippen LogP contribution in [-0.2, 0) is 9.59 Å². The normalized spacial score (nSPS) is 16.5. The number of hydrogen-bond acceptors (Lipinski definition) is 3. The molecule has 0 radical (unpaired) electrons. The van der Waals surface area contributed by atoms with E-state index in [1.54, 1.807) is 0 Å². The van der Waals surface area contributed by atoms with Gasteiger partial charge in [-0.15, -0.1) is 0 Å². The van der Waals surface area contributed by atoms with E-state index in [0.717, 1.165) is 25.8 Å². The van der Waals surface area contributed by atoms with Crippen LogP contribution in [0.2, 0.25) is 0 Å². The third kappa shape index (κ3) is 4.40. The van der Waals surface area contributed by atoms with E-state index < -0.39 is 5.97 Å². The molecular formula is C19H16Br2N2O3. The van der Waals surface area contributed by atoms with E-state index in [-0.39, 0.29) is 24.8 Å². The van der Waals surface area contributed by atoms with Crippen LogP contribution in [0.3, 0.4) is 0 Å². The summed E-state index contributed by atoms with van der Waals surface area (Å²) in [6, 6.07) is 15.3. The predicted octanol–water partition coefficient (Wildman–Crippen LogP) is 4.75. The molecule has 3 rings (SSSR count). The SMILES string of the molecule is O=C(O)CCC(=O)N1N=C(c2cccc(Br)c2)C[C@H]1c1cccc(Br)c1. The van der Waals surface area contributed by atoms with E-state index in [2.05, 4.69) is 37.0 Å². The summed E-state index contributed by atoms with van der Waals surface area (Å²) >= 11 is 6.92. The van der Waals surface area contributed by atoms with Gasteiger partial charge in [-0.3, -0.25) is 9.59 Å². The maximum absolute atomic E-state index is 12.6. The lowest BCUT2D eigenvalue weighted by Crippen LogP contribution is -2.27. The molecule has 1 N–H and O–H groups in total. The molecule has 1 aliphatic heterocycles. The van der Waals surface area contributed by atoms with Crippen LogP contribution in [0.4, 0.5) is 0 Å². The lowest BCUT2D eigenvalue weighted by molar-refractivity contribution is -0.141. The minimum absolute atomic E-state index is 0.0743. The number of nitrogens with zero attached hydrogens (tertiary/aromatic N) is 2. The molecular weight excluding hydrogens is 464 g/mol. The minimum atomic E-state index is -0.993. The number of carbonyl (C=O) groups is 2. The van der Waals surface area contributed by atoms with Crippen LogP contribution in [-0.4, -0.2) is 27.7 Å². The quantitative estimate of drug-likeness (QED) is 0.672. The standard InChI is InChI=1S/C19H16Br2N2O3/c20-14-5-1-3-12(9-14)16-11-17(13-4-2-6-15(21)10-13)23(22-16)18(24)7-8-19(25)26/h1-6,9-10,17H,7-8,11H2,(H,25,26)/t17-/m0/s1. The van der Waals surface area contributed by atoms with E-state index in [1.165, 1.54) is 5.01 Å². The van der Waals surface area contributed by atoms with Gasteiger partial charge in [-0.2, -0.15) is 5.10 Å². The number of carboxylic acid groups (broad SMARTS) is 1. The zero-order valence-electron chi connectivity index (χ0n) is 13.7. The van der Waals surface area contributed by atoms with Gasteiger partial charge in [0.05, 0.1) is 18.2 Å². The second-order valence-corrected chi connectivity index (χ2v) is 7.80. The highest BCUT2D eigenvalue weighted by Crippen LogP contribution is 2.34. The molecule has 26 heavy (non-hydrogen) atoms. The molecule has 1 heterocycles. The highest BCUT2D eigenvalue weighted by molar-refractivity contribution is 9.10. The van der Waals surface area contributed by atoms with Crippen molar-refractivity contribution in [1.82, 2.24) is 5.01 Å². The molecule has 0 unspecified atom stereocenters. The van der Waals surface area contributed by atoms with Crippen molar-refractivity contribution < 1.29 is 14.7 Å². The third-order valence-corrected chi connectivity index (χ3v) is 5.10. The highest BCUT2D eigenvalue weighted by Gasteiger charge is 2.33. The number of amides is 1. The first-order chi connectivity index (χ1) is 12.4. The molecule has 2 aromatic carbocycles. The van der Waals surface area contributed by atoms with Gasteiger partial charge in [0, 0.05) is 21.8 Å². The molecule has 0 saturated heterocycles. The van der Waals surface area contributed by atoms with Gasteiger partial charge < -0.3 is 5.11 Å². The van der Waals surface area contributed by atoms with E-state index >= 15 is 0 Å². The van der Waals surface area contributed by atoms with Gasteiger partial charge >= 0.3 is 5.97 Å². The van der Waals surface area contributed by atoms with Crippen molar-refractivity contribution in [3.05, 3.63) is 68.6 Å². The first kappa shape index (κ1) is 18.8. The van der Waals surface area contributed by atoms with Crippen molar-refractivity contribution in [1.29, 1.82) is 0 Å². The summed E-state index contributed by atoms with van der Waals surface area (Å²) in [6.07, 6.45) is 0.295. The zero-order valence-corrected chi connectivity index (χ0v) is 16.9. The fourth-order valence-corrected chi connectivity index (χ4v) is 3.70. The Kier molecular flexibility index (Phi) is 5.88. The van der Waals surface area contributed by atoms with Gasteiger partial charge in [-0.05, 0) is 35.4 Å². The number of carbonyl (C=O) groups excluding carboxylic acids is 1. The van der Waals surface area contributed by atoms with E-state index in [0.29, 0.717) is 6.42 Å². The Hall–Kier alpha value is -1.99. The number of rotatable bonds is 5. The van der Waals surface area contributed by atoms with Crippen molar-refractivity contribution in [2.24, 2.45) is 5.10 Å². The first-order valence-electron chi connectivity index (χ1n) is 8.07. The molecule has 0 saturated carbocycles. The van der Waals surface area contributed by atoms with Crippen molar-refractivity contribution in [3.63, 3.8) is 0 Å². The average molecular weight is 480 g/mol. The molecule has 5 nitrogen and oxygen atoms in total. The predicted molar refractivity (Wildman–Crippen MR) is 106 cm³/mol. The van der Waals surface area contributed by atoms with Crippen LogP contribution in [0.25, 0.3) is 0 Å². The molecule has 1 aliphatic rings. The van der Waals surface area contributed by atoms with Gasteiger partial charge in [-0.1, -0.05) is 56.1 Å². The summed E-state index contributed by atoms with van der Waals surface area (Å²) in [5.74, 6) is -1.28. The Morgan fingerprint density at radius 1 is 1.08 bits per heavy atom. The van der Waals surface area contributed by atoms with Gasteiger partial charge in [0.2, 0.25) is 5.91 Å². The number of carboxylic acids is 1. The van der Waals surface area contributed by atoms with Gasteiger partial charge in [0.15, 0.2) is 0 Å². The molecule has 2 aromatic rings. The van der Waals surface area contributed by atoms with E-state index in [1.807, 2.05) is 48.5 Å². The summed E-state index contributed by atoms with van der Waals surface area (Å²) in [7, 11) is 0. The second kappa shape index (κ2) is 8.14. The Morgan fingerprint density at radius 2 is 1.77 bits per heavy atom. The minimum Gasteiger partial charge on any atom is -0.481 e. The summed E-state index contributed by atoms with van der Waals surface area (Å²) < 4.78 is 1.86. The van der Waals surface area contributed by atoms with Gasteiger partial charge in [0.1, 0.15) is 0 Å². The number of aliphatic carboxylic acids is 1. The van der Waals surface area contributed by atoms with Gasteiger partial charge in [-0.25, -0.2) is 5.01 Å². The van der Waals surface area contributed by atoms with Crippen LogP contribution in [0.1, 0.15) is 36.4 Å². The van der Waals surface area contributed by atoms with Crippen molar-refractivity contribution in [3.8, 4) is 0 Å². The number of hydrazone groups is 1. The lowest BCUT2D eigenvalue weighted by atomic mass is 9.98. The van der Waals surface area contributed by atoms with Crippen LogP contribution < -0.4 is 0 Å². The molecule has 1 amide bonds. The summed E-state index contributed by atoms with van der Waals surface area (Å²) in [5.41, 5.74) is 2.70. The summed E-state index contributed by atoms with van der Waals surface area (Å²) in [6.45, 7) is 0. The maximum atomic E-state index is 12.6. The van der Waals surface area contributed by atoms with Crippen LogP contribution >= 0.6 is 31.9 Å². The van der Waals surface area contributed by atoms with E-state index in [4.69, 9.17) is 5.11 Å². The zero-order chi connectivity index (χ0) is 18.7. The van der Waals surface area contributed by atoms with Gasteiger partial charge in [0.25, 0.3) is 0 Å². The molecule has 0 aromatic heterocycles. The number of halogens is 2. The van der Waals surface area contributed by atoms with Crippen LogP contribution in [0.15, 0.2) is 62.6 Å². The lowest BCUT2D eigenvalue weighted by Gasteiger charge is -2.22. The van der Waals surface area contributed by atoms with E-state index in [9.17, 15) is 9.59 Å². The molecule has 7 heteroatoms. The average Bonchev–Trinajstić information content (AvgIpc) is 3.05. The Balaban J connectivity index is 1.93. The van der Waals surface area contributed by atoms with Crippen LogP contribution in [0.5, 0.6) is 0 Å². The summed E-state index contributed by atoms with van der Waals surface area (Å²) in [5, 5.41) is 14.8. The first-order valence-corrected chi connectivity index (χ1v) is 9.65. The maximum Gasteiger partial charge on any atom is 0.303 e. The van der Waals surface area contributed by atoms with Crippen molar-refractivity contribution in [2.45, 2.75) is 25.3 Å². The molecule has 0 bridgehead atoms. The monoisotopic (exact) mass is 478 g/mol. The number of hydrogen-bond donors (Lipinski definition) is 1. The Bertz CT molecular complexity index is 883. The fraction of sp³-hybridized carbons (Fsp3) is 0.211. The third-order valence-electron chi connectivity index (χ3n) is 4.11. The second-order valence-electron chi connectivity index (χ2n) is 5.96. The highest BCUT2D eigenvalue weighted by atomic mass is 79.9. The molecule has 0 fully saturated rings. The van der Waals surface area contributed by atoms with Crippen molar-refractivity contribution >= 4 is 49.4 Å². The summed E-state index contributed by atoms with van der Waals surface area (Å²) in [4.78, 5) is 23.4. The topological polar surface area (TPSA) is 70.0 Å². The molecule has 134 valence electrons. The van der Waals surface area contributed by atoms with Crippen LogP contribution in [0, 0.1) is 0 Å². The molecule has 0 aliphatic carbocycles. The molecule has 0 spiro atoms. The van der Waals surface area contributed by atoms with Crippen molar-refractivity contribution in [2.75, 3.05) is 0 Å². The molecule has 1 atom stereocenters. The Labute approximate surface area is 168 Å². The Morgan fingerprint density at radius 3 is 2.42 bits per heavy atom. The largest absolute Gasteiger partial charge is 0.481 e. The fourth-order valence-electron chi connectivity index (χ4n) is 2.88. The smallest absolute Gasteiger partial charge is 0.303 e.